The molecule has 3 rings (SSSR count). The van der Waals surface area contributed by atoms with Gasteiger partial charge < -0.3 is 9.47 Å². The van der Waals surface area contributed by atoms with E-state index in [0.29, 0.717) is 10.7 Å². The number of alkyl halides is 1. The molecule has 1 aromatic carbocycles. The first kappa shape index (κ1) is 11.5. The number of hydrogen-bond acceptors (Lipinski definition) is 2. The van der Waals surface area contributed by atoms with Crippen LogP contribution in [0.1, 0.15) is 28.8 Å². The van der Waals surface area contributed by atoms with Gasteiger partial charge in [0.05, 0.1) is 6.61 Å². The molecule has 2 aliphatic rings. The second-order valence-electron chi connectivity index (χ2n) is 4.82. The molecule has 17 heavy (non-hydrogen) atoms. The highest BCUT2D eigenvalue weighted by atomic mass is 79.9. The predicted octanol–water partition coefficient (Wildman–Crippen LogP) is 3.48. The Kier molecular flexibility index (Phi) is 3.39. The molecule has 0 saturated carbocycles. The topological polar surface area (TPSA) is 18.5 Å². The van der Waals surface area contributed by atoms with E-state index in [2.05, 4.69) is 34.1 Å². The number of rotatable bonds is 2. The van der Waals surface area contributed by atoms with E-state index in [1.54, 1.807) is 0 Å². The van der Waals surface area contributed by atoms with E-state index in [1.807, 2.05) is 0 Å². The Morgan fingerprint density at radius 2 is 2.00 bits per heavy atom. The summed E-state index contributed by atoms with van der Waals surface area (Å²) in [6, 6.07) is 6.61. The molecule has 1 saturated heterocycles. The van der Waals surface area contributed by atoms with Crippen molar-refractivity contribution in [3.8, 4) is 5.75 Å². The van der Waals surface area contributed by atoms with Gasteiger partial charge >= 0.3 is 0 Å². The quantitative estimate of drug-likeness (QED) is 0.778. The van der Waals surface area contributed by atoms with Gasteiger partial charge in [0.15, 0.2) is 0 Å². The van der Waals surface area contributed by atoms with Crippen LogP contribution >= 0.6 is 15.9 Å². The van der Waals surface area contributed by atoms with Crippen molar-refractivity contribution in [2.24, 2.45) is 5.92 Å². The minimum absolute atomic E-state index is 0.456. The molecular weight excluding hydrogens is 280 g/mol. The van der Waals surface area contributed by atoms with Gasteiger partial charge in [0.25, 0.3) is 0 Å². The van der Waals surface area contributed by atoms with Gasteiger partial charge in [0, 0.05) is 24.5 Å². The molecule has 2 nitrogen and oxygen atoms in total. The molecule has 1 aromatic rings. The van der Waals surface area contributed by atoms with E-state index < -0.39 is 0 Å². The van der Waals surface area contributed by atoms with Gasteiger partial charge in [-0.05, 0) is 36.0 Å². The summed E-state index contributed by atoms with van der Waals surface area (Å²) < 4.78 is 11.0. The second-order valence-corrected chi connectivity index (χ2v) is 5.80. The molecule has 0 N–H and O–H groups in total. The van der Waals surface area contributed by atoms with E-state index >= 15 is 0 Å². The third-order valence-electron chi connectivity index (χ3n) is 3.71. The zero-order chi connectivity index (χ0) is 11.7. The molecule has 0 radical (unpaired) electrons. The Balaban J connectivity index is 1.78. The molecule has 1 fully saturated rings. The minimum atomic E-state index is 0.456. The second kappa shape index (κ2) is 4.99. The molecule has 0 aliphatic carbocycles. The standard InChI is InChI=1S/C14H17BrO2/c15-14(10-3-6-16-7-4-10)12-1-2-13-11(9-12)5-8-17-13/h1-2,9-10,14H,3-8H2. The Morgan fingerprint density at radius 1 is 1.18 bits per heavy atom. The summed E-state index contributed by atoms with van der Waals surface area (Å²) in [4.78, 5) is 0.456. The van der Waals surface area contributed by atoms with Gasteiger partial charge in [-0.1, -0.05) is 28.1 Å². The normalized spacial score (nSPS) is 21.9. The van der Waals surface area contributed by atoms with E-state index in [9.17, 15) is 0 Å². The molecule has 92 valence electrons. The Labute approximate surface area is 110 Å². The maximum Gasteiger partial charge on any atom is 0.122 e. The highest BCUT2D eigenvalue weighted by molar-refractivity contribution is 9.09. The van der Waals surface area contributed by atoms with Gasteiger partial charge in [-0.15, -0.1) is 0 Å². The molecule has 2 heterocycles. The van der Waals surface area contributed by atoms with Crippen LogP contribution in [0, 0.1) is 5.92 Å². The van der Waals surface area contributed by atoms with Gasteiger partial charge in [-0.25, -0.2) is 0 Å². The van der Waals surface area contributed by atoms with Crippen LogP contribution in [0.2, 0.25) is 0 Å². The van der Waals surface area contributed by atoms with Crippen molar-refractivity contribution in [2.75, 3.05) is 19.8 Å². The van der Waals surface area contributed by atoms with Crippen LogP contribution in [0.5, 0.6) is 5.75 Å². The van der Waals surface area contributed by atoms with Crippen molar-refractivity contribution >= 4 is 15.9 Å². The number of fused-ring (bicyclic) bond motifs is 1. The Hall–Kier alpha value is -0.540. The smallest absolute Gasteiger partial charge is 0.122 e. The summed E-state index contributed by atoms with van der Waals surface area (Å²) in [5.41, 5.74) is 2.75. The van der Waals surface area contributed by atoms with Crippen LogP contribution in [0.4, 0.5) is 0 Å². The van der Waals surface area contributed by atoms with Gasteiger partial charge in [0.2, 0.25) is 0 Å². The molecule has 1 unspecified atom stereocenters. The number of hydrogen-bond donors (Lipinski definition) is 0. The molecule has 2 aliphatic heterocycles. The summed E-state index contributed by atoms with van der Waals surface area (Å²) in [6.07, 6.45) is 3.36. The Bertz CT molecular complexity index is 399. The summed E-state index contributed by atoms with van der Waals surface area (Å²) >= 11 is 3.86. The summed E-state index contributed by atoms with van der Waals surface area (Å²) in [5.74, 6) is 1.77. The highest BCUT2D eigenvalue weighted by Gasteiger charge is 2.24. The average molecular weight is 297 g/mol. The van der Waals surface area contributed by atoms with Crippen molar-refractivity contribution in [3.05, 3.63) is 29.3 Å². The number of ether oxygens (including phenoxy) is 2. The van der Waals surface area contributed by atoms with Crippen molar-refractivity contribution in [1.82, 2.24) is 0 Å². The van der Waals surface area contributed by atoms with E-state index in [0.717, 1.165) is 44.8 Å². The van der Waals surface area contributed by atoms with Gasteiger partial charge in [-0.2, -0.15) is 0 Å². The van der Waals surface area contributed by atoms with E-state index in [4.69, 9.17) is 9.47 Å². The summed E-state index contributed by atoms with van der Waals surface area (Å²) in [7, 11) is 0. The molecule has 0 bridgehead atoms. The predicted molar refractivity (Wildman–Crippen MR) is 70.9 cm³/mol. The summed E-state index contributed by atoms with van der Waals surface area (Å²) in [5, 5.41) is 0. The highest BCUT2D eigenvalue weighted by Crippen LogP contribution is 2.39. The van der Waals surface area contributed by atoms with Crippen LogP contribution in [-0.4, -0.2) is 19.8 Å². The van der Waals surface area contributed by atoms with Gasteiger partial charge in [-0.3, -0.25) is 0 Å². The largest absolute Gasteiger partial charge is 0.493 e. The molecule has 1 atom stereocenters. The maximum absolute atomic E-state index is 5.54. The maximum atomic E-state index is 5.54. The minimum Gasteiger partial charge on any atom is -0.493 e. The first-order valence-corrected chi connectivity index (χ1v) is 7.23. The van der Waals surface area contributed by atoms with Crippen LogP contribution in [0.25, 0.3) is 0 Å². The lowest BCUT2D eigenvalue weighted by molar-refractivity contribution is 0.0662. The lowest BCUT2D eigenvalue weighted by Gasteiger charge is -2.27. The van der Waals surface area contributed by atoms with Crippen LogP contribution in [0.15, 0.2) is 18.2 Å². The SMILES string of the molecule is BrC(c1ccc2c(c1)CCO2)C1CCOCC1. The summed E-state index contributed by atoms with van der Waals surface area (Å²) in [6.45, 7) is 2.64. The lowest BCUT2D eigenvalue weighted by Crippen LogP contribution is -2.19. The van der Waals surface area contributed by atoms with Crippen LogP contribution in [0.3, 0.4) is 0 Å². The van der Waals surface area contributed by atoms with Crippen molar-refractivity contribution < 1.29 is 9.47 Å². The molecule has 0 amide bonds. The molecular formula is C14H17BrO2. The lowest BCUT2D eigenvalue weighted by atomic mass is 9.91. The van der Waals surface area contributed by atoms with E-state index in [1.165, 1.54) is 11.1 Å². The van der Waals surface area contributed by atoms with Crippen molar-refractivity contribution in [1.29, 1.82) is 0 Å². The Morgan fingerprint density at radius 3 is 2.82 bits per heavy atom. The van der Waals surface area contributed by atoms with Crippen molar-refractivity contribution in [3.63, 3.8) is 0 Å². The number of halogens is 1. The molecule has 3 heteroatoms. The monoisotopic (exact) mass is 296 g/mol. The molecule has 0 spiro atoms. The first-order chi connectivity index (χ1) is 8.34. The number of benzene rings is 1. The fourth-order valence-electron chi connectivity index (χ4n) is 2.66. The third-order valence-corrected chi connectivity index (χ3v) is 4.99. The van der Waals surface area contributed by atoms with Crippen molar-refractivity contribution in [2.45, 2.75) is 24.1 Å². The molecule has 0 aromatic heterocycles. The van der Waals surface area contributed by atoms with Gasteiger partial charge in [0.1, 0.15) is 5.75 Å². The zero-order valence-corrected chi connectivity index (χ0v) is 11.4. The van der Waals surface area contributed by atoms with E-state index in [-0.39, 0.29) is 0 Å². The fraction of sp³-hybridized carbons (Fsp3) is 0.571. The van der Waals surface area contributed by atoms with Crippen LogP contribution < -0.4 is 4.74 Å². The zero-order valence-electron chi connectivity index (χ0n) is 9.82. The third kappa shape index (κ3) is 2.36. The fourth-order valence-corrected chi connectivity index (χ4v) is 3.47. The first-order valence-electron chi connectivity index (χ1n) is 6.32. The van der Waals surface area contributed by atoms with Crippen LogP contribution in [-0.2, 0) is 11.2 Å². The average Bonchev–Trinajstić information content (AvgIpc) is 2.86.